The van der Waals surface area contributed by atoms with Gasteiger partial charge in [-0.05, 0) is 18.2 Å². The molecule has 0 aliphatic carbocycles. The van der Waals surface area contributed by atoms with Crippen LogP contribution >= 0.6 is 15.9 Å². The highest BCUT2D eigenvalue weighted by atomic mass is 79.9. The van der Waals surface area contributed by atoms with Crippen LogP contribution in [0.4, 0.5) is 20.6 Å². The maximum absolute atomic E-state index is 14.5. The summed E-state index contributed by atoms with van der Waals surface area (Å²) in [5.74, 6) is -0.944. The highest BCUT2D eigenvalue weighted by molar-refractivity contribution is 9.09. The van der Waals surface area contributed by atoms with Crippen LogP contribution in [0.2, 0.25) is 0 Å². The van der Waals surface area contributed by atoms with Crippen molar-refractivity contribution in [2.45, 2.75) is 24.3 Å². The third-order valence-corrected chi connectivity index (χ3v) is 4.68. The summed E-state index contributed by atoms with van der Waals surface area (Å²) in [5, 5.41) is 2.58. The maximum atomic E-state index is 14.5. The lowest BCUT2D eigenvalue weighted by Crippen LogP contribution is -2.33. The molecule has 2 atom stereocenters. The first kappa shape index (κ1) is 17.7. The van der Waals surface area contributed by atoms with Crippen LogP contribution in [0.5, 0.6) is 0 Å². The van der Waals surface area contributed by atoms with Crippen molar-refractivity contribution < 1.29 is 23.5 Å². The van der Waals surface area contributed by atoms with E-state index in [0.29, 0.717) is 18.7 Å². The number of alkyl halides is 1. The van der Waals surface area contributed by atoms with E-state index in [1.54, 1.807) is 6.07 Å². The van der Waals surface area contributed by atoms with Gasteiger partial charge in [-0.2, -0.15) is 0 Å². The normalized spacial score (nSPS) is 23.2. The summed E-state index contributed by atoms with van der Waals surface area (Å²) in [6.07, 6.45) is -0.765. The minimum Gasteiger partial charge on any atom is -0.442 e. The first-order valence-corrected chi connectivity index (χ1v) is 8.73. The van der Waals surface area contributed by atoms with Crippen molar-refractivity contribution >= 4 is 45.2 Å². The maximum Gasteiger partial charge on any atom is 0.414 e. The van der Waals surface area contributed by atoms with E-state index in [4.69, 9.17) is 4.74 Å². The Hall–Kier alpha value is -2.16. The fourth-order valence-electron chi connectivity index (χ4n) is 2.88. The first-order chi connectivity index (χ1) is 11.8. The van der Waals surface area contributed by atoms with Gasteiger partial charge in [0.2, 0.25) is 11.8 Å². The molecule has 0 bridgehead atoms. The number of rotatable bonds is 4. The number of ether oxygens (including phenoxy) is 1. The second kappa shape index (κ2) is 6.99. The molecule has 3 rings (SSSR count). The number of nitrogens with one attached hydrogen (secondary N) is 1. The van der Waals surface area contributed by atoms with Crippen molar-refractivity contribution in [2.75, 3.05) is 29.4 Å². The second-order valence-corrected chi connectivity index (χ2v) is 7.29. The largest absolute Gasteiger partial charge is 0.442 e. The third-order valence-electron chi connectivity index (χ3n) is 4.06. The lowest BCUT2D eigenvalue weighted by molar-refractivity contribution is -0.119. The zero-order chi connectivity index (χ0) is 18.1. The van der Waals surface area contributed by atoms with E-state index in [9.17, 15) is 18.8 Å². The van der Waals surface area contributed by atoms with E-state index in [0.717, 1.165) is 0 Å². The molecule has 3 amide bonds. The van der Waals surface area contributed by atoms with Crippen molar-refractivity contribution in [3.05, 3.63) is 24.0 Å². The molecule has 2 heterocycles. The number of hydrogen-bond acceptors (Lipinski definition) is 4. The summed E-state index contributed by atoms with van der Waals surface area (Å²) in [5.41, 5.74) is 0.539. The van der Waals surface area contributed by atoms with Gasteiger partial charge in [0.1, 0.15) is 11.9 Å². The van der Waals surface area contributed by atoms with E-state index < -0.39 is 18.0 Å². The molecule has 25 heavy (non-hydrogen) atoms. The standard InChI is InChI=1S/C16H17BrFN3O4/c1-9(22)19-6-12-8-20(16(24)25-12)11-2-3-14(13(18)5-11)21-7-10(17)4-15(21)23/h2-3,5,10,12H,4,6-8H2,1H3,(H,19,22)/t10?,12-/m0/s1. The summed E-state index contributed by atoms with van der Waals surface area (Å²) >= 11 is 3.36. The molecule has 1 aromatic carbocycles. The Kier molecular flexibility index (Phi) is 4.94. The molecule has 0 radical (unpaired) electrons. The molecule has 7 nitrogen and oxygen atoms in total. The smallest absolute Gasteiger partial charge is 0.414 e. The number of carbonyl (C=O) groups is 3. The topological polar surface area (TPSA) is 79.0 Å². The van der Waals surface area contributed by atoms with Gasteiger partial charge in [0.05, 0.1) is 24.5 Å². The number of cyclic esters (lactones) is 1. The number of anilines is 2. The van der Waals surface area contributed by atoms with Gasteiger partial charge in [-0.15, -0.1) is 0 Å². The summed E-state index contributed by atoms with van der Waals surface area (Å²) in [4.78, 5) is 37.5. The van der Waals surface area contributed by atoms with E-state index in [1.807, 2.05) is 0 Å². The minimum absolute atomic E-state index is 0.00201. The molecule has 1 unspecified atom stereocenters. The molecule has 9 heteroatoms. The Morgan fingerprint density at radius 1 is 1.36 bits per heavy atom. The van der Waals surface area contributed by atoms with Crippen LogP contribution in [0.3, 0.4) is 0 Å². The average Bonchev–Trinajstić information content (AvgIpc) is 3.07. The monoisotopic (exact) mass is 413 g/mol. The molecule has 2 aliphatic heterocycles. The Balaban J connectivity index is 1.73. The highest BCUT2D eigenvalue weighted by Gasteiger charge is 2.34. The Morgan fingerprint density at radius 3 is 2.72 bits per heavy atom. The molecule has 2 saturated heterocycles. The van der Waals surface area contributed by atoms with Crippen LogP contribution in [0.15, 0.2) is 18.2 Å². The van der Waals surface area contributed by atoms with Crippen molar-refractivity contribution in [2.24, 2.45) is 0 Å². The highest BCUT2D eigenvalue weighted by Crippen LogP contribution is 2.31. The van der Waals surface area contributed by atoms with Crippen LogP contribution in [-0.2, 0) is 14.3 Å². The minimum atomic E-state index is -0.597. The summed E-state index contributed by atoms with van der Waals surface area (Å²) in [6, 6.07) is 4.28. The Bertz CT molecular complexity index is 729. The molecule has 134 valence electrons. The molecule has 1 aromatic rings. The van der Waals surface area contributed by atoms with Crippen molar-refractivity contribution in [3.8, 4) is 0 Å². The zero-order valence-electron chi connectivity index (χ0n) is 13.5. The summed E-state index contributed by atoms with van der Waals surface area (Å²) < 4.78 is 19.6. The van der Waals surface area contributed by atoms with Crippen LogP contribution in [0, 0.1) is 5.82 Å². The van der Waals surface area contributed by atoms with E-state index >= 15 is 0 Å². The van der Waals surface area contributed by atoms with Crippen molar-refractivity contribution in [3.63, 3.8) is 0 Å². The molecule has 2 aliphatic rings. The molecule has 1 N–H and O–H groups in total. The van der Waals surface area contributed by atoms with Gasteiger partial charge >= 0.3 is 6.09 Å². The summed E-state index contributed by atoms with van der Waals surface area (Å²) in [7, 11) is 0. The van der Waals surface area contributed by atoms with E-state index in [-0.39, 0.29) is 35.4 Å². The number of benzene rings is 1. The fourth-order valence-corrected chi connectivity index (χ4v) is 3.44. The Morgan fingerprint density at radius 2 is 2.12 bits per heavy atom. The van der Waals surface area contributed by atoms with Gasteiger partial charge < -0.3 is 15.0 Å². The van der Waals surface area contributed by atoms with Gasteiger partial charge in [0.15, 0.2) is 0 Å². The first-order valence-electron chi connectivity index (χ1n) is 7.81. The molecule has 2 fully saturated rings. The van der Waals surface area contributed by atoms with Gasteiger partial charge in [-0.1, -0.05) is 15.9 Å². The zero-order valence-corrected chi connectivity index (χ0v) is 15.1. The van der Waals surface area contributed by atoms with E-state index in [2.05, 4.69) is 21.2 Å². The molecular weight excluding hydrogens is 397 g/mol. The average molecular weight is 414 g/mol. The molecule has 0 spiro atoms. The van der Waals surface area contributed by atoms with Gasteiger partial charge in [0.25, 0.3) is 0 Å². The van der Waals surface area contributed by atoms with E-state index in [1.165, 1.54) is 28.9 Å². The predicted octanol–water partition coefficient (Wildman–Crippen LogP) is 1.79. The number of carbonyl (C=O) groups excluding carboxylic acids is 3. The van der Waals surface area contributed by atoms with Gasteiger partial charge in [0, 0.05) is 24.7 Å². The lowest BCUT2D eigenvalue weighted by Gasteiger charge is -2.19. The number of halogens is 2. The van der Waals surface area contributed by atoms with Crippen LogP contribution in [0.25, 0.3) is 0 Å². The number of amides is 3. The second-order valence-electron chi connectivity index (χ2n) is 5.99. The fraction of sp³-hybridized carbons (Fsp3) is 0.438. The Labute approximate surface area is 152 Å². The van der Waals surface area contributed by atoms with Crippen molar-refractivity contribution in [1.82, 2.24) is 5.32 Å². The molecular formula is C16H17BrFN3O4. The third kappa shape index (κ3) is 3.76. The molecule has 0 aromatic heterocycles. The quantitative estimate of drug-likeness (QED) is 0.763. The molecule has 0 saturated carbocycles. The SMILES string of the molecule is CC(=O)NC[C@H]1CN(c2ccc(N3CC(Br)CC3=O)c(F)c2)C(=O)O1. The van der Waals surface area contributed by atoms with Gasteiger partial charge in [-0.25, -0.2) is 9.18 Å². The number of hydrogen-bond donors (Lipinski definition) is 1. The predicted molar refractivity (Wildman–Crippen MR) is 92.4 cm³/mol. The summed E-state index contributed by atoms with van der Waals surface area (Å²) in [6.45, 7) is 2.19. The van der Waals surface area contributed by atoms with Crippen LogP contribution in [-0.4, -0.2) is 48.5 Å². The van der Waals surface area contributed by atoms with Gasteiger partial charge in [-0.3, -0.25) is 14.5 Å². The van der Waals surface area contributed by atoms with Crippen molar-refractivity contribution in [1.29, 1.82) is 0 Å². The van der Waals surface area contributed by atoms with Crippen LogP contribution in [0.1, 0.15) is 13.3 Å². The lowest BCUT2D eigenvalue weighted by atomic mass is 10.2. The number of nitrogens with zero attached hydrogens (tertiary/aromatic N) is 2. The van der Waals surface area contributed by atoms with Crippen LogP contribution < -0.4 is 15.1 Å².